The molecule has 4 nitrogen and oxygen atoms in total. The molecule has 21 heavy (non-hydrogen) atoms. The molecule has 1 unspecified atom stereocenters. The van der Waals surface area contributed by atoms with Gasteiger partial charge in [-0.1, -0.05) is 18.2 Å². The number of para-hydroxylation sites is 1. The summed E-state index contributed by atoms with van der Waals surface area (Å²) in [7, 11) is 1.52. The molecule has 0 spiro atoms. The smallest absolute Gasteiger partial charge is 0.251 e. The molecule has 0 aliphatic carbocycles. The lowest BCUT2D eigenvalue weighted by molar-refractivity contribution is 0.0914. The molecular formula is C16H16FNO3. The summed E-state index contributed by atoms with van der Waals surface area (Å²) in [6.45, 7) is 0.0383. The fourth-order valence-electron chi connectivity index (χ4n) is 1.94. The van der Waals surface area contributed by atoms with Crippen LogP contribution in [0.15, 0.2) is 48.5 Å². The van der Waals surface area contributed by atoms with Crippen LogP contribution in [0.2, 0.25) is 0 Å². The molecule has 2 rings (SSSR count). The van der Waals surface area contributed by atoms with E-state index in [1.165, 1.54) is 31.4 Å². The lowest BCUT2D eigenvalue weighted by Gasteiger charge is -2.15. The third kappa shape index (κ3) is 3.79. The summed E-state index contributed by atoms with van der Waals surface area (Å²) in [5, 5.41) is 12.7. The average molecular weight is 289 g/mol. The molecule has 1 atom stereocenters. The summed E-state index contributed by atoms with van der Waals surface area (Å²) < 4.78 is 17.9. The SMILES string of the molecule is COc1ccccc1C(O)CNC(=O)c1ccc(F)cc1. The first-order valence-electron chi connectivity index (χ1n) is 6.46. The Hall–Kier alpha value is -2.40. The van der Waals surface area contributed by atoms with Crippen molar-refractivity contribution in [2.75, 3.05) is 13.7 Å². The Balaban J connectivity index is 1.99. The normalized spacial score (nSPS) is 11.8. The number of rotatable bonds is 5. The summed E-state index contributed by atoms with van der Waals surface area (Å²) in [4.78, 5) is 11.9. The number of hydrogen-bond acceptors (Lipinski definition) is 3. The Labute approximate surface area is 122 Å². The third-order valence-corrected chi connectivity index (χ3v) is 3.06. The first-order valence-corrected chi connectivity index (χ1v) is 6.46. The average Bonchev–Trinajstić information content (AvgIpc) is 2.52. The van der Waals surface area contributed by atoms with Crippen LogP contribution in [0.1, 0.15) is 22.0 Å². The van der Waals surface area contributed by atoms with E-state index in [0.29, 0.717) is 16.9 Å². The van der Waals surface area contributed by atoms with E-state index in [1.54, 1.807) is 24.3 Å². The zero-order valence-corrected chi connectivity index (χ0v) is 11.5. The van der Waals surface area contributed by atoms with Crippen molar-refractivity contribution in [1.29, 1.82) is 0 Å². The van der Waals surface area contributed by atoms with E-state index in [4.69, 9.17) is 4.74 Å². The summed E-state index contributed by atoms with van der Waals surface area (Å²) in [6.07, 6.45) is -0.884. The molecule has 0 aliphatic heterocycles. The minimum Gasteiger partial charge on any atom is -0.496 e. The number of aliphatic hydroxyl groups excluding tert-OH is 1. The minimum absolute atomic E-state index is 0.0383. The largest absolute Gasteiger partial charge is 0.496 e. The second-order valence-corrected chi connectivity index (χ2v) is 4.47. The van der Waals surface area contributed by atoms with Gasteiger partial charge in [0, 0.05) is 17.7 Å². The molecule has 2 aromatic carbocycles. The first-order chi connectivity index (χ1) is 10.1. The number of amides is 1. The highest BCUT2D eigenvalue weighted by Crippen LogP contribution is 2.24. The summed E-state index contributed by atoms with van der Waals surface area (Å²) >= 11 is 0. The molecule has 0 radical (unpaired) electrons. The number of halogens is 1. The number of benzene rings is 2. The van der Waals surface area contributed by atoms with Gasteiger partial charge in [0.1, 0.15) is 11.6 Å². The molecule has 0 heterocycles. The summed E-state index contributed by atoms with van der Waals surface area (Å²) in [6, 6.07) is 12.3. The highest BCUT2D eigenvalue weighted by molar-refractivity contribution is 5.94. The van der Waals surface area contributed by atoms with Crippen molar-refractivity contribution < 1.29 is 19.0 Å². The molecule has 0 saturated carbocycles. The Morgan fingerprint density at radius 2 is 1.90 bits per heavy atom. The Morgan fingerprint density at radius 1 is 1.24 bits per heavy atom. The maximum atomic E-state index is 12.8. The van der Waals surface area contributed by atoms with Crippen molar-refractivity contribution in [3.8, 4) is 5.75 Å². The van der Waals surface area contributed by atoms with Crippen molar-refractivity contribution in [2.24, 2.45) is 0 Å². The van der Waals surface area contributed by atoms with Gasteiger partial charge in [-0.05, 0) is 30.3 Å². The zero-order chi connectivity index (χ0) is 15.2. The van der Waals surface area contributed by atoms with E-state index < -0.39 is 11.9 Å². The number of carbonyl (C=O) groups is 1. The van der Waals surface area contributed by atoms with Gasteiger partial charge in [-0.15, -0.1) is 0 Å². The Kier molecular flexibility index (Phi) is 4.90. The number of nitrogens with one attached hydrogen (secondary N) is 1. The molecule has 110 valence electrons. The van der Waals surface area contributed by atoms with Crippen LogP contribution in [0, 0.1) is 5.82 Å². The second kappa shape index (κ2) is 6.85. The summed E-state index contributed by atoms with van der Waals surface area (Å²) in [5.74, 6) is -0.217. The van der Waals surface area contributed by atoms with Crippen LogP contribution >= 0.6 is 0 Å². The van der Waals surface area contributed by atoms with Crippen LogP contribution in [0.4, 0.5) is 4.39 Å². The van der Waals surface area contributed by atoms with Gasteiger partial charge in [-0.2, -0.15) is 0 Å². The van der Waals surface area contributed by atoms with Crippen LogP contribution in [-0.4, -0.2) is 24.7 Å². The van der Waals surface area contributed by atoms with E-state index in [2.05, 4.69) is 5.32 Å². The highest BCUT2D eigenvalue weighted by atomic mass is 19.1. The first kappa shape index (κ1) is 15.0. The quantitative estimate of drug-likeness (QED) is 0.888. The molecule has 1 amide bonds. The predicted octanol–water partition coefficient (Wildman–Crippen LogP) is 2.30. The van der Waals surface area contributed by atoms with Crippen molar-refractivity contribution >= 4 is 5.91 Å². The highest BCUT2D eigenvalue weighted by Gasteiger charge is 2.14. The maximum absolute atomic E-state index is 12.8. The maximum Gasteiger partial charge on any atom is 0.251 e. The molecule has 0 fully saturated rings. The Bertz CT molecular complexity index is 613. The fraction of sp³-hybridized carbons (Fsp3) is 0.188. The minimum atomic E-state index is -0.884. The van der Waals surface area contributed by atoms with Gasteiger partial charge in [0.15, 0.2) is 0 Å². The number of hydrogen-bond donors (Lipinski definition) is 2. The van der Waals surface area contributed by atoms with E-state index in [0.717, 1.165) is 0 Å². The monoisotopic (exact) mass is 289 g/mol. The fourth-order valence-corrected chi connectivity index (χ4v) is 1.94. The van der Waals surface area contributed by atoms with Crippen molar-refractivity contribution in [3.63, 3.8) is 0 Å². The number of ether oxygens (including phenoxy) is 1. The summed E-state index contributed by atoms with van der Waals surface area (Å²) in [5.41, 5.74) is 0.933. The molecule has 0 aliphatic rings. The lowest BCUT2D eigenvalue weighted by Crippen LogP contribution is -2.28. The molecule has 0 bridgehead atoms. The predicted molar refractivity (Wildman–Crippen MR) is 76.7 cm³/mol. The van der Waals surface area contributed by atoms with Crippen LogP contribution in [0.25, 0.3) is 0 Å². The standard InChI is InChI=1S/C16H16FNO3/c1-21-15-5-3-2-4-13(15)14(19)10-18-16(20)11-6-8-12(17)9-7-11/h2-9,14,19H,10H2,1H3,(H,18,20). The second-order valence-electron chi connectivity index (χ2n) is 4.47. The number of methoxy groups -OCH3 is 1. The van der Waals surface area contributed by atoms with Crippen molar-refractivity contribution in [1.82, 2.24) is 5.32 Å². The van der Waals surface area contributed by atoms with Gasteiger partial charge in [0.2, 0.25) is 0 Å². The van der Waals surface area contributed by atoms with Gasteiger partial charge < -0.3 is 15.2 Å². The van der Waals surface area contributed by atoms with E-state index in [1.807, 2.05) is 0 Å². The topological polar surface area (TPSA) is 58.6 Å². The van der Waals surface area contributed by atoms with E-state index >= 15 is 0 Å². The molecule has 0 saturated heterocycles. The van der Waals surface area contributed by atoms with Gasteiger partial charge in [-0.25, -0.2) is 4.39 Å². The van der Waals surface area contributed by atoms with Gasteiger partial charge in [0.25, 0.3) is 5.91 Å². The van der Waals surface area contributed by atoms with Gasteiger partial charge in [0.05, 0.1) is 13.2 Å². The molecular weight excluding hydrogens is 273 g/mol. The van der Waals surface area contributed by atoms with Crippen molar-refractivity contribution in [3.05, 3.63) is 65.5 Å². The van der Waals surface area contributed by atoms with E-state index in [9.17, 15) is 14.3 Å². The van der Waals surface area contributed by atoms with Crippen molar-refractivity contribution in [2.45, 2.75) is 6.10 Å². The molecule has 2 N–H and O–H groups in total. The number of aliphatic hydroxyl groups is 1. The molecule has 2 aromatic rings. The van der Waals surface area contributed by atoms with E-state index in [-0.39, 0.29) is 12.5 Å². The molecule has 0 aromatic heterocycles. The van der Waals surface area contributed by atoms with Gasteiger partial charge >= 0.3 is 0 Å². The third-order valence-electron chi connectivity index (χ3n) is 3.06. The van der Waals surface area contributed by atoms with Crippen LogP contribution < -0.4 is 10.1 Å². The number of carbonyl (C=O) groups excluding carboxylic acids is 1. The van der Waals surface area contributed by atoms with Crippen LogP contribution in [-0.2, 0) is 0 Å². The lowest BCUT2D eigenvalue weighted by atomic mass is 10.1. The van der Waals surface area contributed by atoms with Crippen LogP contribution in [0.5, 0.6) is 5.75 Å². The zero-order valence-electron chi connectivity index (χ0n) is 11.5. The Morgan fingerprint density at radius 3 is 2.57 bits per heavy atom. The van der Waals surface area contributed by atoms with Gasteiger partial charge in [-0.3, -0.25) is 4.79 Å². The molecule has 5 heteroatoms. The van der Waals surface area contributed by atoms with Crippen LogP contribution in [0.3, 0.4) is 0 Å².